The summed E-state index contributed by atoms with van der Waals surface area (Å²) >= 11 is 0. The number of benzene rings is 2. The molecule has 1 aromatic heterocycles. The van der Waals surface area contributed by atoms with Gasteiger partial charge in [0.15, 0.2) is 23.0 Å². The molecule has 9 heteroatoms. The van der Waals surface area contributed by atoms with Crippen LogP contribution in [-0.2, 0) is 17.9 Å². The van der Waals surface area contributed by atoms with E-state index in [1.54, 1.807) is 24.1 Å². The second kappa shape index (κ2) is 8.25. The van der Waals surface area contributed by atoms with Gasteiger partial charge in [-0.2, -0.15) is 0 Å². The van der Waals surface area contributed by atoms with E-state index in [2.05, 4.69) is 10.3 Å². The van der Waals surface area contributed by atoms with Gasteiger partial charge in [0.2, 0.25) is 5.91 Å². The summed E-state index contributed by atoms with van der Waals surface area (Å²) in [5, 5.41) is 2.94. The van der Waals surface area contributed by atoms with E-state index in [0.717, 1.165) is 23.0 Å². The van der Waals surface area contributed by atoms with Crippen LogP contribution in [0.3, 0.4) is 0 Å². The molecule has 0 unspecified atom stereocenters. The minimum atomic E-state index is -0.150. The standard InChI is InChI=1S/C22H23N3O6/c1-27-17-10-21-18(28-3-2-4-29-21)7-14(17)11-23-22(26)12-25-13-24-15-8-19-20(9-16(15)25)31-6-5-30-19/h7-10,13H,2-6,11-12H2,1H3,(H,23,26). The summed E-state index contributed by atoms with van der Waals surface area (Å²) in [4.78, 5) is 17.0. The van der Waals surface area contributed by atoms with Crippen molar-refractivity contribution in [1.82, 2.24) is 14.9 Å². The maximum absolute atomic E-state index is 12.6. The lowest BCUT2D eigenvalue weighted by Gasteiger charge is -2.18. The van der Waals surface area contributed by atoms with Gasteiger partial charge in [-0.15, -0.1) is 0 Å². The number of rotatable bonds is 5. The third kappa shape index (κ3) is 3.90. The number of aromatic nitrogens is 2. The highest BCUT2D eigenvalue weighted by atomic mass is 16.6. The average molecular weight is 425 g/mol. The first-order valence-corrected chi connectivity index (χ1v) is 10.2. The summed E-state index contributed by atoms with van der Waals surface area (Å²) in [6, 6.07) is 7.35. The molecule has 0 radical (unpaired) electrons. The van der Waals surface area contributed by atoms with Crippen LogP contribution in [0.2, 0.25) is 0 Å². The van der Waals surface area contributed by atoms with Crippen molar-refractivity contribution in [2.24, 2.45) is 0 Å². The maximum Gasteiger partial charge on any atom is 0.240 e. The van der Waals surface area contributed by atoms with Crippen molar-refractivity contribution in [2.45, 2.75) is 19.5 Å². The van der Waals surface area contributed by atoms with Crippen LogP contribution in [0, 0.1) is 0 Å². The molecule has 9 nitrogen and oxygen atoms in total. The van der Waals surface area contributed by atoms with Crippen LogP contribution in [0.4, 0.5) is 0 Å². The van der Waals surface area contributed by atoms with E-state index in [1.807, 2.05) is 18.2 Å². The quantitative estimate of drug-likeness (QED) is 0.670. The SMILES string of the molecule is COc1cc2c(cc1CNC(=O)Cn1cnc3cc4c(cc31)OCCO4)OCCCO2. The first-order valence-electron chi connectivity index (χ1n) is 10.2. The third-order valence-electron chi connectivity index (χ3n) is 5.23. The number of methoxy groups -OCH3 is 1. The Hall–Kier alpha value is -3.62. The summed E-state index contributed by atoms with van der Waals surface area (Å²) < 4.78 is 29.9. The fourth-order valence-electron chi connectivity index (χ4n) is 3.69. The number of fused-ring (bicyclic) bond motifs is 3. The van der Waals surface area contributed by atoms with Crippen molar-refractivity contribution in [3.63, 3.8) is 0 Å². The predicted molar refractivity (Wildman–Crippen MR) is 111 cm³/mol. The summed E-state index contributed by atoms with van der Waals surface area (Å²) in [6.45, 7) is 2.65. The van der Waals surface area contributed by atoms with Crippen molar-refractivity contribution < 1.29 is 28.5 Å². The van der Waals surface area contributed by atoms with Crippen molar-refractivity contribution in [2.75, 3.05) is 33.5 Å². The fraction of sp³-hybridized carbons (Fsp3) is 0.364. The fourth-order valence-corrected chi connectivity index (χ4v) is 3.69. The Morgan fingerprint density at radius 2 is 1.68 bits per heavy atom. The lowest BCUT2D eigenvalue weighted by Crippen LogP contribution is -2.27. The van der Waals surface area contributed by atoms with Crippen molar-refractivity contribution in [3.05, 3.63) is 36.2 Å². The van der Waals surface area contributed by atoms with Gasteiger partial charge in [0.1, 0.15) is 25.5 Å². The number of hydrogen-bond donors (Lipinski definition) is 1. The lowest BCUT2D eigenvalue weighted by atomic mass is 10.1. The summed E-state index contributed by atoms with van der Waals surface area (Å²) in [5.41, 5.74) is 2.38. The van der Waals surface area contributed by atoms with E-state index in [0.29, 0.717) is 61.7 Å². The first kappa shape index (κ1) is 19.3. The van der Waals surface area contributed by atoms with Crippen molar-refractivity contribution in [3.8, 4) is 28.7 Å². The van der Waals surface area contributed by atoms with Crippen LogP contribution in [-0.4, -0.2) is 49.0 Å². The molecule has 162 valence electrons. The molecule has 2 aromatic carbocycles. The van der Waals surface area contributed by atoms with Gasteiger partial charge in [0, 0.05) is 36.7 Å². The van der Waals surface area contributed by atoms with E-state index < -0.39 is 0 Å². The Morgan fingerprint density at radius 1 is 1.00 bits per heavy atom. The molecule has 0 atom stereocenters. The normalized spacial score (nSPS) is 14.7. The van der Waals surface area contributed by atoms with Gasteiger partial charge in [-0.25, -0.2) is 4.98 Å². The molecule has 0 bridgehead atoms. The molecular weight excluding hydrogens is 402 g/mol. The summed E-state index contributed by atoms with van der Waals surface area (Å²) in [7, 11) is 1.59. The average Bonchev–Trinajstić information content (AvgIpc) is 3.02. The first-order chi connectivity index (χ1) is 15.2. The second-order valence-electron chi connectivity index (χ2n) is 7.30. The summed E-state index contributed by atoms with van der Waals surface area (Å²) in [5.74, 6) is 3.15. The molecule has 1 N–H and O–H groups in total. The molecule has 3 aromatic rings. The van der Waals surface area contributed by atoms with Gasteiger partial charge >= 0.3 is 0 Å². The number of carbonyl (C=O) groups excluding carboxylic acids is 1. The molecule has 0 saturated heterocycles. The van der Waals surface area contributed by atoms with Crippen LogP contribution in [0.25, 0.3) is 11.0 Å². The number of ether oxygens (including phenoxy) is 5. The van der Waals surface area contributed by atoms with Crippen molar-refractivity contribution in [1.29, 1.82) is 0 Å². The van der Waals surface area contributed by atoms with Gasteiger partial charge in [0.05, 0.1) is 37.7 Å². The molecule has 0 saturated carbocycles. The second-order valence-corrected chi connectivity index (χ2v) is 7.30. The third-order valence-corrected chi connectivity index (χ3v) is 5.23. The van der Waals surface area contributed by atoms with Crippen LogP contribution in [0.5, 0.6) is 28.7 Å². The topological polar surface area (TPSA) is 93.1 Å². The van der Waals surface area contributed by atoms with Gasteiger partial charge in [-0.3, -0.25) is 4.79 Å². The molecule has 2 aliphatic heterocycles. The van der Waals surface area contributed by atoms with Crippen LogP contribution in [0.15, 0.2) is 30.6 Å². The molecule has 3 heterocycles. The number of imidazole rings is 1. The highest BCUT2D eigenvalue weighted by molar-refractivity contribution is 5.83. The highest BCUT2D eigenvalue weighted by Gasteiger charge is 2.18. The van der Waals surface area contributed by atoms with E-state index >= 15 is 0 Å². The number of amides is 1. The Balaban J connectivity index is 1.30. The molecular formula is C22H23N3O6. The van der Waals surface area contributed by atoms with E-state index in [4.69, 9.17) is 23.7 Å². The minimum Gasteiger partial charge on any atom is -0.496 e. The van der Waals surface area contributed by atoms with E-state index in [1.165, 1.54) is 0 Å². The van der Waals surface area contributed by atoms with Crippen LogP contribution >= 0.6 is 0 Å². The molecule has 0 fully saturated rings. The molecule has 2 aliphatic rings. The number of nitrogens with one attached hydrogen (secondary N) is 1. The Labute approximate surface area is 178 Å². The molecule has 5 rings (SSSR count). The zero-order valence-corrected chi connectivity index (χ0v) is 17.2. The molecule has 0 aliphatic carbocycles. The zero-order valence-electron chi connectivity index (χ0n) is 17.2. The lowest BCUT2D eigenvalue weighted by molar-refractivity contribution is -0.121. The number of hydrogen-bond acceptors (Lipinski definition) is 7. The monoisotopic (exact) mass is 425 g/mol. The maximum atomic E-state index is 12.6. The van der Waals surface area contributed by atoms with Gasteiger partial charge in [0.25, 0.3) is 0 Å². The van der Waals surface area contributed by atoms with E-state index in [-0.39, 0.29) is 12.5 Å². The minimum absolute atomic E-state index is 0.128. The molecule has 1 amide bonds. The van der Waals surface area contributed by atoms with Gasteiger partial charge in [-0.1, -0.05) is 0 Å². The largest absolute Gasteiger partial charge is 0.496 e. The smallest absolute Gasteiger partial charge is 0.240 e. The van der Waals surface area contributed by atoms with Crippen molar-refractivity contribution >= 4 is 16.9 Å². The number of nitrogens with zero attached hydrogens (tertiary/aromatic N) is 2. The molecule has 31 heavy (non-hydrogen) atoms. The Kier molecular flexibility index (Phi) is 5.15. The zero-order chi connectivity index (χ0) is 21.2. The van der Waals surface area contributed by atoms with E-state index in [9.17, 15) is 4.79 Å². The summed E-state index contributed by atoms with van der Waals surface area (Å²) in [6.07, 6.45) is 2.46. The van der Waals surface area contributed by atoms with Crippen LogP contribution < -0.4 is 29.0 Å². The highest BCUT2D eigenvalue weighted by Crippen LogP contribution is 2.36. The van der Waals surface area contributed by atoms with Crippen LogP contribution in [0.1, 0.15) is 12.0 Å². The predicted octanol–water partition coefficient (Wildman–Crippen LogP) is 2.29. The Morgan fingerprint density at radius 3 is 2.45 bits per heavy atom. The van der Waals surface area contributed by atoms with Gasteiger partial charge < -0.3 is 33.6 Å². The number of carbonyl (C=O) groups is 1. The molecule has 0 spiro atoms. The Bertz CT molecular complexity index is 1130. The van der Waals surface area contributed by atoms with Gasteiger partial charge in [-0.05, 0) is 6.07 Å².